The van der Waals surface area contributed by atoms with Crippen molar-refractivity contribution in [2.75, 3.05) is 0 Å². The van der Waals surface area contributed by atoms with Crippen LogP contribution in [0.25, 0.3) is 0 Å². The second-order valence-corrected chi connectivity index (χ2v) is 4.42. The predicted molar refractivity (Wildman–Crippen MR) is 51.2 cm³/mol. The number of hydrogen-bond acceptors (Lipinski definition) is 4. The SMILES string of the molecule is O=[N+]([O-])Sc1ccc(SC(F)(F)F)cc1. The molecule has 15 heavy (non-hydrogen) atoms. The van der Waals surface area contributed by atoms with E-state index in [1.165, 1.54) is 24.3 Å². The summed E-state index contributed by atoms with van der Waals surface area (Å²) in [6.07, 6.45) is 0. The number of rotatable bonds is 3. The number of nitro groups is 1. The minimum atomic E-state index is -4.34. The van der Waals surface area contributed by atoms with Crippen LogP contribution in [0.2, 0.25) is 0 Å². The first-order chi connectivity index (χ1) is 6.87. The zero-order valence-electron chi connectivity index (χ0n) is 7.02. The van der Waals surface area contributed by atoms with E-state index in [1.54, 1.807) is 0 Å². The second-order valence-electron chi connectivity index (χ2n) is 2.33. The third-order valence-electron chi connectivity index (χ3n) is 1.24. The van der Waals surface area contributed by atoms with Gasteiger partial charge in [0.15, 0.2) is 0 Å². The van der Waals surface area contributed by atoms with Gasteiger partial charge in [-0.25, -0.2) is 0 Å². The van der Waals surface area contributed by atoms with Crippen molar-refractivity contribution in [3.63, 3.8) is 0 Å². The average molecular weight is 255 g/mol. The summed E-state index contributed by atoms with van der Waals surface area (Å²) < 4.78 is 35.1. The number of alkyl halides is 3. The van der Waals surface area contributed by atoms with Gasteiger partial charge in [-0.1, -0.05) is 0 Å². The van der Waals surface area contributed by atoms with Crippen LogP contribution in [0.15, 0.2) is 34.1 Å². The molecule has 1 aromatic rings. The van der Waals surface area contributed by atoms with Crippen LogP contribution in [0.1, 0.15) is 0 Å². The Hall–Kier alpha value is -0.890. The Morgan fingerprint density at radius 1 is 1.13 bits per heavy atom. The summed E-state index contributed by atoms with van der Waals surface area (Å²) in [6, 6.07) is 4.96. The van der Waals surface area contributed by atoms with Crippen LogP contribution >= 0.6 is 23.7 Å². The predicted octanol–water partition coefficient (Wildman–Crippen LogP) is 3.58. The molecule has 0 heterocycles. The molecule has 82 valence electrons. The van der Waals surface area contributed by atoms with Crippen LogP contribution in [0.3, 0.4) is 0 Å². The summed E-state index contributed by atoms with van der Waals surface area (Å²) in [7, 11) is 0. The molecule has 1 aromatic carbocycles. The third kappa shape index (κ3) is 4.93. The van der Waals surface area contributed by atoms with Crippen molar-refractivity contribution in [2.45, 2.75) is 15.3 Å². The molecule has 0 unspecified atom stereocenters. The van der Waals surface area contributed by atoms with E-state index >= 15 is 0 Å². The van der Waals surface area contributed by atoms with E-state index in [9.17, 15) is 23.3 Å². The van der Waals surface area contributed by atoms with Crippen LogP contribution in [0.4, 0.5) is 13.2 Å². The minimum Gasteiger partial charge on any atom is -0.250 e. The van der Waals surface area contributed by atoms with E-state index < -0.39 is 9.84 Å². The molecule has 3 nitrogen and oxygen atoms in total. The standard InChI is InChI=1S/C7H4F3NO2S2/c8-7(9,10)14-5-1-3-6(4-2-5)15-11(12)13/h1-4H. The molecule has 0 N–H and O–H groups in total. The first kappa shape index (κ1) is 12.2. The van der Waals surface area contributed by atoms with Gasteiger partial charge in [0.25, 0.3) is 11.9 Å². The number of thioether (sulfide) groups is 1. The molecule has 0 aliphatic heterocycles. The van der Waals surface area contributed by atoms with Gasteiger partial charge in [-0.3, -0.25) is 10.1 Å². The fraction of sp³-hybridized carbons (Fsp3) is 0.143. The van der Waals surface area contributed by atoms with Crippen molar-refractivity contribution in [1.82, 2.24) is 0 Å². The molecule has 0 atom stereocenters. The molecule has 0 aliphatic rings. The number of nitrogens with zero attached hydrogens (tertiary/aromatic N) is 1. The van der Waals surface area contributed by atoms with Crippen molar-refractivity contribution >= 4 is 23.7 Å². The van der Waals surface area contributed by atoms with Gasteiger partial charge in [0, 0.05) is 4.90 Å². The summed E-state index contributed by atoms with van der Waals surface area (Å²) in [5, 5.41) is 10.1. The van der Waals surface area contributed by atoms with Crippen LogP contribution in [0, 0.1) is 10.1 Å². The van der Waals surface area contributed by atoms with E-state index in [0.717, 1.165) is 0 Å². The molecule has 0 radical (unpaired) electrons. The van der Waals surface area contributed by atoms with Gasteiger partial charge >= 0.3 is 5.51 Å². The molecule has 0 aliphatic carbocycles. The highest BCUT2D eigenvalue weighted by molar-refractivity contribution is 8.00. The van der Waals surface area contributed by atoms with Gasteiger partial charge in [0.1, 0.15) is 4.33 Å². The summed E-state index contributed by atoms with van der Waals surface area (Å²) in [4.78, 5) is 10.4. The number of hydrogen-bond donors (Lipinski definition) is 0. The van der Waals surface area contributed by atoms with Crippen LogP contribution < -0.4 is 0 Å². The minimum absolute atomic E-state index is 0.00944. The van der Waals surface area contributed by atoms with Gasteiger partial charge < -0.3 is 0 Å². The lowest BCUT2D eigenvalue weighted by Crippen LogP contribution is -1.98. The summed E-state index contributed by atoms with van der Waals surface area (Å²) >= 11 is 0.106. The van der Waals surface area contributed by atoms with Crippen molar-refractivity contribution in [3.05, 3.63) is 34.4 Å². The Morgan fingerprint density at radius 2 is 1.60 bits per heavy atom. The highest BCUT2D eigenvalue weighted by Crippen LogP contribution is 2.37. The van der Waals surface area contributed by atoms with Gasteiger partial charge in [0.05, 0.1) is 4.90 Å². The maximum absolute atomic E-state index is 11.9. The quantitative estimate of drug-likeness (QED) is 0.358. The molecule has 1 rings (SSSR count). The number of benzene rings is 1. The maximum atomic E-state index is 11.9. The average Bonchev–Trinajstić information content (AvgIpc) is 2.05. The lowest BCUT2D eigenvalue weighted by Gasteiger charge is -2.04. The topological polar surface area (TPSA) is 43.1 Å². The Bertz CT molecular complexity index is 352. The Labute approximate surface area is 91.3 Å². The van der Waals surface area contributed by atoms with Gasteiger partial charge in [-0.15, -0.1) is 0 Å². The van der Waals surface area contributed by atoms with Crippen LogP contribution in [0.5, 0.6) is 0 Å². The zero-order chi connectivity index (χ0) is 11.5. The third-order valence-corrected chi connectivity index (χ3v) is 2.61. The molecule has 0 bridgehead atoms. The molecular weight excluding hydrogens is 251 g/mol. The molecule has 0 spiro atoms. The van der Waals surface area contributed by atoms with Gasteiger partial charge in [-0.05, 0) is 36.0 Å². The summed E-state index contributed by atoms with van der Waals surface area (Å²) in [5.74, 6) is 0. The largest absolute Gasteiger partial charge is 0.446 e. The van der Waals surface area contributed by atoms with Gasteiger partial charge in [0.2, 0.25) is 0 Å². The fourth-order valence-corrected chi connectivity index (χ4v) is 1.76. The summed E-state index contributed by atoms with van der Waals surface area (Å²) in [5.41, 5.74) is -4.34. The molecule has 0 aromatic heterocycles. The highest BCUT2D eigenvalue weighted by Gasteiger charge is 2.29. The van der Waals surface area contributed by atoms with E-state index in [1.807, 2.05) is 0 Å². The van der Waals surface area contributed by atoms with Gasteiger partial charge in [-0.2, -0.15) is 13.2 Å². The van der Waals surface area contributed by atoms with Crippen molar-refractivity contribution < 1.29 is 17.5 Å². The molecule has 0 amide bonds. The van der Waals surface area contributed by atoms with Crippen LogP contribution in [-0.4, -0.2) is 9.84 Å². The monoisotopic (exact) mass is 255 g/mol. The fourth-order valence-electron chi connectivity index (χ4n) is 0.788. The lowest BCUT2D eigenvalue weighted by atomic mass is 10.4. The Morgan fingerprint density at radius 3 is 2.00 bits per heavy atom. The van der Waals surface area contributed by atoms with Crippen molar-refractivity contribution in [1.29, 1.82) is 0 Å². The van der Waals surface area contributed by atoms with Crippen LogP contribution in [-0.2, 0) is 0 Å². The first-order valence-corrected chi connectivity index (χ1v) is 5.14. The van der Waals surface area contributed by atoms with Crippen molar-refractivity contribution in [3.8, 4) is 0 Å². The molecule has 0 saturated carbocycles. The highest BCUT2D eigenvalue weighted by atomic mass is 32.2. The molecule has 0 saturated heterocycles. The second kappa shape index (κ2) is 4.75. The molecule has 8 heteroatoms. The van der Waals surface area contributed by atoms with E-state index in [4.69, 9.17) is 0 Å². The smallest absolute Gasteiger partial charge is 0.250 e. The summed E-state index contributed by atoms with van der Waals surface area (Å²) in [6.45, 7) is 0. The Kier molecular flexibility index (Phi) is 3.86. The molecule has 0 fully saturated rings. The first-order valence-electron chi connectivity index (χ1n) is 3.55. The van der Waals surface area contributed by atoms with E-state index in [-0.39, 0.29) is 16.7 Å². The normalized spacial score (nSPS) is 11.4. The van der Waals surface area contributed by atoms with E-state index in [0.29, 0.717) is 16.8 Å². The van der Waals surface area contributed by atoms with E-state index in [2.05, 4.69) is 0 Å². The lowest BCUT2D eigenvalue weighted by molar-refractivity contribution is -0.284. The zero-order valence-corrected chi connectivity index (χ0v) is 8.66. The van der Waals surface area contributed by atoms with Crippen molar-refractivity contribution in [2.24, 2.45) is 0 Å². The Balaban J connectivity index is 2.68. The maximum Gasteiger partial charge on any atom is 0.446 e. The number of halogens is 3. The molecular formula is C7H4F3NO2S2.